The molecule has 1 aliphatic rings. The molecule has 1 heterocycles. The van der Waals surface area contributed by atoms with Gasteiger partial charge in [0.1, 0.15) is 5.75 Å². The molecule has 2 amide bonds. The summed E-state index contributed by atoms with van der Waals surface area (Å²) in [6, 6.07) is 15.3. The van der Waals surface area contributed by atoms with Crippen molar-refractivity contribution in [2.45, 2.75) is 32.7 Å². The maximum Gasteiger partial charge on any atom is 0.264 e. The molecule has 1 fully saturated rings. The van der Waals surface area contributed by atoms with Crippen LogP contribution in [-0.4, -0.2) is 37.6 Å². The second-order valence-electron chi connectivity index (χ2n) is 7.13. The standard InChI is InChI=1S/C22H27N3O3/c1-16-5-3-7-21(13-16)28-15-22(27)25(14-19-6-4-12-23-19)20-10-8-18(9-11-20)24-17(2)26/h3,5,7-11,13,19,23H,4,6,12,14-15H2,1-2H3,(H,24,26)/t19-/m1/s1. The van der Waals surface area contributed by atoms with E-state index in [4.69, 9.17) is 4.74 Å². The van der Waals surface area contributed by atoms with Crippen LogP contribution < -0.4 is 20.3 Å². The van der Waals surface area contributed by atoms with Gasteiger partial charge < -0.3 is 20.3 Å². The Balaban J connectivity index is 1.71. The molecule has 1 saturated heterocycles. The number of anilines is 2. The third-order valence-electron chi connectivity index (χ3n) is 4.72. The molecule has 0 bridgehead atoms. The number of ether oxygens (including phenoxy) is 1. The van der Waals surface area contributed by atoms with E-state index in [0.717, 1.165) is 30.6 Å². The number of carbonyl (C=O) groups excluding carboxylic acids is 2. The highest BCUT2D eigenvalue weighted by atomic mass is 16.5. The number of aryl methyl sites for hydroxylation is 1. The topological polar surface area (TPSA) is 70.7 Å². The van der Waals surface area contributed by atoms with Gasteiger partial charge in [0.05, 0.1) is 0 Å². The predicted molar refractivity (Wildman–Crippen MR) is 111 cm³/mol. The highest BCUT2D eigenvalue weighted by Gasteiger charge is 2.23. The fraction of sp³-hybridized carbons (Fsp3) is 0.364. The van der Waals surface area contributed by atoms with Crippen LogP contribution in [0.2, 0.25) is 0 Å². The van der Waals surface area contributed by atoms with Crippen LogP contribution in [-0.2, 0) is 9.59 Å². The summed E-state index contributed by atoms with van der Waals surface area (Å²) in [6.07, 6.45) is 2.17. The van der Waals surface area contributed by atoms with Crippen molar-refractivity contribution in [2.75, 3.05) is 29.9 Å². The fourth-order valence-electron chi connectivity index (χ4n) is 3.34. The van der Waals surface area contributed by atoms with E-state index in [1.807, 2.05) is 43.3 Å². The van der Waals surface area contributed by atoms with Crippen molar-refractivity contribution in [2.24, 2.45) is 0 Å². The van der Waals surface area contributed by atoms with E-state index >= 15 is 0 Å². The number of hydrogen-bond donors (Lipinski definition) is 2. The van der Waals surface area contributed by atoms with Gasteiger partial charge in [-0.05, 0) is 68.3 Å². The van der Waals surface area contributed by atoms with Gasteiger partial charge in [0.15, 0.2) is 6.61 Å². The van der Waals surface area contributed by atoms with Crippen LogP contribution >= 0.6 is 0 Å². The largest absolute Gasteiger partial charge is 0.484 e. The van der Waals surface area contributed by atoms with Crippen molar-refractivity contribution in [1.82, 2.24) is 5.32 Å². The molecule has 0 spiro atoms. The summed E-state index contributed by atoms with van der Waals surface area (Å²) in [5, 5.41) is 6.18. The Bertz CT molecular complexity index is 814. The predicted octanol–water partition coefficient (Wildman–Crippen LogP) is 3.12. The van der Waals surface area contributed by atoms with Gasteiger partial charge in [0.2, 0.25) is 5.91 Å². The average molecular weight is 381 g/mol. The molecule has 2 aromatic rings. The molecule has 0 radical (unpaired) electrons. The normalized spacial score (nSPS) is 15.9. The summed E-state index contributed by atoms with van der Waals surface area (Å²) in [4.78, 5) is 25.9. The Hall–Kier alpha value is -2.86. The molecule has 28 heavy (non-hydrogen) atoms. The first-order valence-electron chi connectivity index (χ1n) is 9.62. The van der Waals surface area contributed by atoms with Crippen molar-refractivity contribution in [3.63, 3.8) is 0 Å². The first-order valence-corrected chi connectivity index (χ1v) is 9.62. The molecule has 0 aromatic heterocycles. The van der Waals surface area contributed by atoms with E-state index in [9.17, 15) is 9.59 Å². The molecule has 3 rings (SSSR count). The fourth-order valence-corrected chi connectivity index (χ4v) is 3.34. The van der Waals surface area contributed by atoms with Crippen LogP contribution in [0.15, 0.2) is 48.5 Å². The quantitative estimate of drug-likeness (QED) is 0.773. The molecule has 0 unspecified atom stereocenters. The number of nitrogens with zero attached hydrogens (tertiary/aromatic N) is 1. The van der Waals surface area contributed by atoms with Crippen molar-refractivity contribution in [1.29, 1.82) is 0 Å². The Labute approximate surface area is 165 Å². The van der Waals surface area contributed by atoms with Crippen molar-refractivity contribution in [3.05, 3.63) is 54.1 Å². The highest BCUT2D eigenvalue weighted by Crippen LogP contribution is 2.21. The Morgan fingerprint density at radius 3 is 2.64 bits per heavy atom. The molecule has 0 saturated carbocycles. The van der Waals surface area contributed by atoms with Crippen LogP contribution in [0.5, 0.6) is 5.75 Å². The minimum atomic E-state index is -0.123. The van der Waals surface area contributed by atoms with Crippen molar-refractivity contribution in [3.8, 4) is 5.75 Å². The summed E-state index contributed by atoms with van der Waals surface area (Å²) < 4.78 is 5.72. The minimum Gasteiger partial charge on any atom is -0.484 e. The second kappa shape index (κ2) is 9.37. The lowest BCUT2D eigenvalue weighted by molar-refractivity contribution is -0.120. The van der Waals surface area contributed by atoms with Gasteiger partial charge >= 0.3 is 0 Å². The number of nitrogens with one attached hydrogen (secondary N) is 2. The number of rotatable bonds is 7. The van der Waals surface area contributed by atoms with Crippen LogP contribution in [0.3, 0.4) is 0 Å². The molecule has 2 aromatic carbocycles. The van der Waals surface area contributed by atoms with Gasteiger partial charge in [-0.1, -0.05) is 12.1 Å². The van der Waals surface area contributed by atoms with E-state index in [2.05, 4.69) is 10.6 Å². The lowest BCUT2D eigenvalue weighted by atomic mass is 10.2. The van der Waals surface area contributed by atoms with E-state index in [-0.39, 0.29) is 24.5 Å². The van der Waals surface area contributed by atoms with Crippen LogP contribution in [0.25, 0.3) is 0 Å². The zero-order valence-electron chi connectivity index (χ0n) is 16.4. The molecule has 0 aliphatic carbocycles. The molecule has 6 heteroatoms. The van der Waals surface area contributed by atoms with Crippen LogP contribution in [0.1, 0.15) is 25.3 Å². The zero-order valence-corrected chi connectivity index (χ0v) is 16.4. The van der Waals surface area contributed by atoms with Crippen molar-refractivity contribution >= 4 is 23.2 Å². The first kappa shape index (κ1) is 19.9. The van der Waals surface area contributed by atoms with Crippen LogP contribution in [0.4, 0.5) is 11.4 Å². The van der Waals surface area contributed by atoms with Gasteiger partial charge in [0, 0.05) is 30.9 Å². The van der Waals surface area contributed by atoms with Gasteiger partial charge in [0.25, 0.3) is 5.91 Å². The Morgan fingerprint density at radius 2 is 2.00 bits per heavy atom. The summed E-state index contributed by atoms with van der Waals surface area (Å²) in [6.45, 7) is 5.01. The maximum atomic E-state index is 13.0. The second-order valence-corrected chi connectivity index (χ2v) is 7.13. The smallest absolute Gasteiger partial charge is 0.264 e. The third-order valence-corrected chi connectivity index (χ3v) is 4.72. The lowest BCUT2D eigenvalue weighted by Gasteiger charge is -2.26. The van der Waals surface area contributed by atoms with Crippen molar-refractivity contribution < 1.29 is 14.3 Å². The van der Waals surface area contributed by atoms with E-state index in [1.54, 1.807) is 17.0 Å². The summed E-state index contributed by atoms with van der Waals surface area (Å²) in [5.41, 5.74) is 2.59. The van der Waals surface area contributed by atoms with E-state index in [1.165, 1.54) is 6.92 Å². The number of hydrogen-bond acceptors (Lipinski definition) is 4. The molecule has 148 valence electrons. The Morgan fingerprint density at radius 1 is 1.21 bits per heavy atom. The highest BCUT2D eigenvalue weighted by molar-refractivity contribution is 5.95. The monoisotopic (exact) mass is 381 g/mol. The first-order chi connectivity index (χ1) is 13.5. The SMILES string of the molecule is CC(=O)Nc1ccc(N(C[C@H]2CCCN2)C(=O)COc2cccc(C)c2)cc1. The van der Waals surface area contributed by atoms with Crippen LogP contribution in [0, 0.1) is 6.92 Å². The number of benzene rings is 2. The summed E-state index contributed by atoms with van der Waals surface area (Å²) >= 11 is 0. The van der Waals surface area contributed by atoms with Gasteiger partial charge in [-0.3, -0.25) is 9.59 Å². The molecule has 2 N–H and O–H groups in total. The van der Waals surface area contributed by atoms with E-state index in [0.29, 0.717) is 18.0 Å². The maximum absolute atomic E-state index is 13.0. The molecule has 6 nitrogen and oxygen atoms in total. The molecule has 1 aliphatic heterocycles. The molecular weight excluding hydrogens is 354 g/mol. The Kier molecular flexibility index (Phi) is 6.66. The minimum absolute atomic E-state index is 0.0242. The van der Waals surface area contributed by atoms with Gasteiger partial charge in [-0.15, -0.1) is 0 Å². The van der Waals surface area contributed by atoms with E-state index < -0.39 is 0 Å². The lowest BCUT2D eigenvalue weighted by Crippen LogP contribution is -2.43. The molecule has 1 atom stereocenters. The number of amides is 2. The zero-order chi connectivity index (χ0) is 19.9. The van der Waals surface area contributed by atoms with Gasteiger partial charge in [-0.25, -0.2) is 0 Å². The summed E-state index contributed by atoms with van der Waals surface area (Å²) in [7, 11) is 0. The molecular formula is C22H27N3O3. The third kappa shape index (κ3) is 5.57. The van der Waals surface area contributed by atoms with Gasteiger partial charge in [-0.2, -0.15) is 0 Å². The average Bonchev–Trinajstić information content (AvgIpc) is 3.18. The summed E-state index contributed by atoms with van der Waals surface area (Å²) in [5.74, 6) is 0.471. The number of carbonyl (C=O) groups is 2.